The molecule has 6 rings (SSSR count). The lowest BCUT2D eigenvalue weighted by Gasteiger charge is -2.20. The minimum absolute atomic E-state index is 0.107. The fourth-order valence-corrected chi connectivity index (χ4v) is 5.90. The number of hydrogen-bond acceptors (Lipinski definition) is 4. The Kier molecular flexibility index (Phi) is 8.08. The van der Waals surface area contributed by atoms with Crippen LogP contribution in [0, 0.1) is 13.8 Å². The molecule has 6 heteroatoms. The number of carbonyl (C=O) groups is 2. The molecule has 1 N–H and O–H groups in total. The van der Waals surface area contributed by atoms with E-state index in [4.69, 9.17) is 4.74 Å². The molecule has 230 valence electrons. The fourth-order valence-electron chi connectivity index (χ4n) is 5.90. The van der Waals surface area contributed by atoms with Gasteiger partial charge in [-0.1, -0.05) is 48.5 Å². The highest BCUT2D eigenvalue weighted by Crippen LogP contribution is 2.39. The number of amides is 1. The van der Waals surface area contributed by atoms with Gasteiger partial charge < -0.3 is 14.6 Å². The number of benzene rings is 3. The monoisotopic (exact) mass is 599 g/mol. The Morgan fingerprint density at radius 3 is 2.38 bits per heavy atom. The van der Waals surface area contributed by atoms with Gasteiger partial charge in [-0.05, 0) is 118 Å². The Hall–Kier alpha value is -4.71. The van der Waals surface area contributed by atoms with E-state index in [1.807, 2.05) is 82.4 Å². The summed E-state index contributed by atoms with van der Waals surface area (Å²) >= 11 is 0. The predicted molar refractivity (Wildman–Crippen MR) is 180 cm³/mol. The van der Waals surface area contributed by atoms with E-state index < -0.39 is 5.60 Å². The second-order valence-electron chi connectivity index (χ2n) is 13.3. The molecule has 0 bridgehead atoms. The summed E-state index contributed by atoms with van der Waals surface area (Å²) < 4.78 is 7.95. The summed E-state index contributed by atoms with van der Waals surface area (Å²) in [4.78, 5) is 30.8. The van der Waals surface area contributed by atoms with Crippen molar-refractivity contribution in [3.8, 4) is 11.1 Å². The van der Waals surface area contributed by atoms with Crippen molar-refractivity contribution in [2.45, 2.75) is 78.5 Å². The number of esters is 1. The van der Waals surface area contributed by atoms with Crippen LogP contribution in [0.25, 0.3) is 22.0 Å². The zero-order valence-corrected chi connectivity index (χ0v) is 27.0. The zero-order valence-electron chi connectivity index (χ0n) is 27.0. The minimum atomic E-state index is -0.564. The normalized spacial score (nSPS) is 13.9. The van der Waals surface area contributed by atoms with Crippen LogP contribution in [0.5, 0.6) is 0 Å². The molecular weight excluding hydrogens is 558 g/mol. The maximum Gasteiger partial charge on any atom is 0.339 e. The summed E-state index contributed by atoms with van der Waals surface area (Å²) in [6, 6.07) is 25.8. The SMILES string of the molecule is Cc1c(C)n(Cc2ccc(-c3ccccc3C(=O)OC(C)(C)C)cc2)c2ccc(C(=O)N[C@@H](C)c3ccc(C4CC4)cn3)cc12. The average Bonchev–Trinajstić information content (AvgIpc) is 3.85. The molecule has 6 nitrogen and oxygen atoms in total. The zero-order chi connectivity index (χ0) is 31.9. The molecule has 0 saturated heterocycles. The van der Waals surface area contributed by atoms with Crippen molar-refractivity contribution in [1.29, 1.82) is 0 Å². The first kappa shape index (κ1) is 30.3. The largest absolute Gasteiger partial charge is 0.456 e. The van der Waals surface area contributed by atoms with Crippen LogP contribution < -0.4 is 5.32 Å². The van der Waals surface area contributed by atoms with E-state index in [9.17, 15) is 9.59 Å². The molecule has 2 aromatic heterocycles. The molecule has 45 heavy (non-hydrogen) atoms. The highest BCUT2D eigenvalue weighted by molar-refractivity contribution is 5.99. The van der Waals surface area contributed by atoms with Crippen molar-refractivity contribution >= 4 is 22.8 Å². The van der Waals surface area contributed by atoms with E-state index in [0.717, 1.165) is 44.5 Å². The van der Waals surface area contributed by atoms with Gasteiger partial charge in [0, 0.05) is 34.9 Å². The van der Waals surface area contributed by atoms with Crippen LogP contribution in [0.2, 0.25) is 0 Å². The lowest BCUT2D eigenvalue weighted by molar-refractivity contribution is 0.00703. The van der Waals surface area contributed by atoms with Gasteiger partial charge in [-0.3, -0.25) is 9.78 Å². The maximum absolute atomic E-state index is 13.3. The molecule has 2 heterocycles. The van der Waals surface area contributed by atoms with Gasteiger partial charge in [-0.2, -0.15) is 0 Å². The lowest BCUT2D eigenvalue weighted by Crippen LogP contribution is -2.27. The number of aryl methyl sites for hydroxylation is 1. The Balaban J connectivity index is 1.19. The van der Waals surface area contributed by atoms with Crippen LogP contribution in [0.3, 0.4) is 0 Å². The number of rotatable bonds is 8. The third-order valence-corrected chi connectivity index (χ3v) is 8.70. The molecule has 0 unspecified atom stereocenters. The molecule has 0 aliphatic heterocycles. The Bertz CT molecular complexity index is 1870. The Labute approximate surface area is 265 Å². The number of pyridine rings is 1. The summed E-state index contributed by atoms with van der Waals surface area (Å²) in [7, 11) is 0. The number of nitrogens with zero attached hydrogens (tertiary/aromatic N) is 2. The first-order chi connectivity index (χ1) is 21.5. The van der Waals surface area contributed by atoms with Crippen LogP contribution in [-0.2, 0) is 11.3 Å². The molecule has 1 atom stereocenters. The van der Waals surface area contributed by atoms with E-state index in [-0.39, 0.29) is 17.9 Å². The van der Waals surface area contributed by atoms with Crippen LogP contribution >= 0.6 is 0 Å². The average molecular weight is 600 g/mol. The highest BCUT2D eigenvalue weighted by Gasteiger charge is 2.24. The molecule has 1 fully saturated rings. The molecule has 3 aromatic carbocycles. The second kappa shape index (κ2) is 12.0. The molecule has 1 amide bonds. The molecule has 1 aliphatic carbocycles. The molecule has 0 radical (unpaired) electrons. The molecule has 0 spiro atoms. The standard InChI is InChI=1S/C39H41N3O3/c1-24-26(3)42(23-27-11-13-29(14-12-27)32-9-7-8-10-33(32)38(44)45-39(4,5)6)36-20-18-30(21-34(24)36)37(43)41-25(2)35-19-17-31(22-40-35)28-15-16-28/h7-14,17-22,25,28H,15-16,23H2,1-6H3,(H,41,43)/t25-/m0/s1. The van der Waals surface area contributed by atoms with Gasteiger partial charge in [0.25, 0.3) is 5.91 Å². The number of hydrogen-bond donors (Lipinski definition) is 1. The summed E-state index contributed by atoms with van der Waals surface area (Å²) in [5, 5.41) is 4.20. The van der Waals surface area contributed by atoms with Crippen molar-refractivity contribution in [3.05, 3.63) is 124 Å². The van der Waals surface area contributed by atoms with E-state index in [1.54, 1.807) is 0 Å². The summed E-state index contributed by atoms with van der Waals surface area (Å²) in [6.07, 6.45) is 4.44. The van der Waals surface area contributed by atoms with Crippen LogP contribution in [0.1, 0.15) is 101 Å². The molecular formula is C39H41N3O3. The van der Waals surface area contributed by atoms with Gasteiger partial charge in [0.1, 0.15) is 5.60 Å². The van der Waals surface area contributed by atoms with E-state index in [2.05, 4.69) is 59.0 Å². The number of aromatic nitrogens is 2. The van der Waals surface area contributed by atoms with Crippen molar-refractivity contribution in [1.82, 2.24) is 14.9 Å². The quantitative estimate of drug-likeness (QED) is 0.181. The summed E-state index contributed by atoms with van der Waals surface area (Å²) in [5.41, 5.74) is 9.15. The van der Waals surface area contributed by atoms with Gasteiger partial charge in [0.2, 0.25) is 0 Å². The second-order valence-corrected chi connectivity index (χ2v) is 13.3. The van der Waals surface area contributed by atoms with Crippen LogP contribution in [-0.4, -0.2) is 27.0 Å². The fraction of sp³-hybridized carbons (Fsp3) is 0.308. The van der Waals surface area contributed by atoms with Crippen molar-refractivity contribution in [3.63, 3.8) is 0 Å². The maximum atomic E-state index is 13.3. The van der Waals surface area contributed by atoms with Crippen molar-refractivity contribution < 1.29 is 14.3 Å². The Morgan fingerprint density at radius 1 is 0.978 bits per heavy atom. The smallest absolute Gasteiger partial charge is 0.339 e. The van der Waals surface area contributed by atoms with Crippen LogP contribution in [0.15, 0.2) is 85.1 Å². The van der Waals surface area contributed by atoms with Gasteiger partial charge in [-0.25, -0.2) is 4.79 Å². The predicted octanol–water partition coefficient (Wildman–Crippen LogP) is 8.69. The third-order valence-electron chi connectivity index (χ3n) is 8.70. The van der Waals surface area contributed by atoms with Gasteiger partial charge >= 0.3 is 5.97 Å². The van der Waals surface area contributed by atoms with E-state index >= 15 is 0 Å². The van der Waals surface area contributed by atoms with Crippen molar-refractivity contribution in [2.24, 2.45) is 0 Å². The van der Waals surface area contributed by atoms with Crippen molar-refractivity contribution in [2.75, 3.05) is 0 Å². The van der Waals surface area contributed by atoms with E-state index in [0.29, 0.717) is 23.6 Å². The molecule has 1 aliphatic rings. The Morgan fingerprint density at radius 2 is 1.71 bits per heavy atom. The molecule has 5 aromatic rings. The first-order valence-corrected chi connectivity index (χ1v) is 15.8. The highest BCUT2D eigenvalue weighted by atomic mass is 16.6. The number of ether oxygens (including phenoxy) is 1. The number of carbonyl (C=O) groups excluding carboxylic acids is 2. The van der Waals surface area contributed by atoms with E-state index in [1.165, 1.54) is 18.4 Å². The first-order valence-electron chi connectivity index (χ1n) is 15.8. The van der Waals surface area contributed by atoms with Crippen LogP contribution in [0.4, 0.5) is 0 Å². The summed E-state index contributed by atoms with van der Waals surface area (Å²) in [6.45, 7) is 12.5. The van der Waals surface area contributed by atoms with Gasteiger partial charge in [0.05, 0.1) is 17.3 Å². The third kappa shape index (κ3) is 6.56. The lowest BCUT2D eigenvalue weighted by atomic mass is 9.98. The van der Waals surface area contributed by atoms with Gasteiger partial charge in [0.15, 0.2) is 0 Å². The van der Waals surface area contributed by atoms with Gasteiger partial charge in [-0.15, -0.1) is 0 Å². The molecule has 1 saturated carbocycles. The minimum Gasteiger partial charge on any atom is -0.456 e. The number of nitrogens with one attached hydrogen (secondary N) is 1. The number of fused-ring (bicyclic) bond motifs is 1. The topological polar surface area (TPSA) is 73.2 Å². The summed E-state index contributed by atoms with van der Waals surface area (Å²) in [5.74, 6) is 0.230.